The molecule has 1 fully saturated rings. The molecule has 6 heteroatoms. The number of rotatable bonds is 4. The van der Waals surface area contributed by atoms with Gasteiger partial charge in [-0.2, -0.15) is 0 Å². The van der Waals surface area contributed by atoms with Gasteiger partial charge in [-0.15, -0.1) is 0 Å². The Morgan fingerprint density at radius 2 is 2.35 bits per heavy atom. The highest BCUT2D eigenvalue weighted by Crippen LogP contribution is 2.20. The summed E-state index contributed by atoms with van der Waals surface area (Å²) in [6.45, 7) is 1.58. The van der Waals surface area contributed by atoms with E-state index in [0.29, 0.717) is 16.8 Å². The maximum Gasteiger partial charge on any atom is 0.164 e. The van der Waals surface area contributed by atoms with Crippen molar-refractivity contribution in [3.8, 4) is 11.4 Å². The van der Waals surface area contributed by atoms with Crippen molar-refractivity contribution in [3.63, 3.8) is 0 Å². The van der Waals surface area contributed by atoms with Gasteiger partial charge in [-0.1, -0.05) is 11.6 Å². The molecule has 0 aliphatic carbocycles. The SMILES string of the molecule is Clc1cc(NC[C@@H]2CCCO2)nc(-c2cccnc2)n1. The molecule has 2 aromatic rings. The Morgan fingerprint density at radius 1 is 1.40 bits per heavy atom. The molecule has 0 amide bonds. The molecule has 0 unspecified atom stereocenters. The van der Waals surface area contributed by atoms with E-state index in [0.717, 1.165) is 31.6 Å². The number of pyridine rings is 1. The van der Waals surface area contributed by atoms with Crippen LogP contribution < -0.4 is 5.32 Å². The molecule has 0 radical (unpaired) electrons. The molecule has 20 heavy (non-hydrogen) atoms. The fourth-order valence-electron chi connectivity index (χ4n) is 2.16. The summed E-state index contributed by atoms with van der Waals surface area (Å²) >= 11 is 6.05. The Morgan fingerprint density at radius 3 is 3.10 bits per heavy atom. The highest BCUT2D eigenvalue weighted by Gasteiger charge is 2.15. The molecule has 5 nitrogen and oxygen atoms in total. The first-order valence-corrected chi connectivity index (χ1v) is 6.99. The maximum atomic E-state index is 6.05. The number of anilines is 1. The van der Waals surface area contributed by atoms with Gasteiger partial charge in [0, 0.05) is 37.2 Å². The highest BCUT2D eigenvalue weighted by molar-refractivity contribution is 6.29. The number of halogens is 1. The summed E-state index contributed by atoms with van der Waals surface area (Å²) in [5.74, 6) is 1.28. The number of nitrogens with one attached hydrogen (secondary N) is 1. The zero-order valence-electron chi connectivity index (χ0n) is 10.9. The molecular weight excluding hydrogens is 276 g/mol. The minimum Gasteiger partial charge on any atom is -0.376 e. The van der Waals surface area contributed by atoms with Crippen LogP contribution in [0.5, 0.6) is 0 Å². The van der Waals surface area contributed by atoms with Gasteiger partial charge in [0.2, 0.25) is 0 Å². The van der Waals surface area contributed by atoms with Crippen LogP contribution in [0.2, 0.25) is 5.15 Å². The molecule has 0 saturated carbocycles. The van der Waals surface area contributed by atoms with E-state index in [4.69, 9.17) is 16.3 Å². The summed E-state index contributed by atoms with van der Waals surface area (Å²) in [5.41, 5.74) is 0.843. The van der Waals surface area contributed by atoms with E-state index in [2.05, 4.69) is 20.3 Å². The Hall–Kier alpha value is -1.72. The predicted octanol–water partition coefficient (Wildman–Crippen LogP) is 2.78. The molecule has 2 aromatic heterocycles. The summed E-state index contributed by atoms with van der Waals surface area (Å²) in [6.07, 6.45) is 5.89. The second kappa shape index (κ2) is 6.15. The van der Waals surface area contributed by atoms with Crippen LogP contribution in [0.3, 0.4) is 0 Å². The molecule has 0 spiro atoms. The van der Waals surface area contributed by atoms with E-state index in [9.17, 15) is 0 Å². The van der Waals surface area contributed by atoms with E-state index >= 15 is 0 Å². The lowest BCUT2D eigenvalue weighted by Crippen LogP contribution is -2.19. The van der Waals surface area contributed by atoms with Crippen LogP contribution in [0.25, 0.3) is 11.4 Å². The van der Waals surface area contributed by atoms with E-state index in [-0.39, 0.29) is 6.10 Å². The second-order valence-corrected chi connectivity index (χ2v) is 5.04. The lowest BCUT2D eigenvalue weighted by Gasteiger charge is -2.12. The van der Waals surface area contributed by atoms with Crippen molar-refractivity contribution in [1.29, 1.82) is 0 Å². The fraction of sp³-hybridized carbons (Fsp3) is 0.357. The monoisotopic (exact) mass is 290 g/mol. The molecule has 0 bridgehead atoms. The summed E-state index contributed by atoms with van der Waals surface area (Å²) in [6, 6.07) is 5.47. The van der Waals surface area contributed by atoms with E-state index in [1.165, 1.54) is 0 Å². The van der Waals surface area contributed by atoms with Gasteiger partial charge in [0.1, 0.15) is 11.0 Å². The largest absolute Gasteiger partial charge is 0.376 e. The van der Waals surface area contributed by atoms with Crippen LogP contribution in [0, 0.1) is 0 Å². The van der Waals surface area contributed by atoms with Crippen molar-refractivity contribution in [2.45, 2.75) is 18.9 Å². The Bertz CT molecular complexity index is 573. The third-order valence-electron chi connectivity index (χ3n) is 3.15. The van der Waals surface area contributed by atoms with Crippen LogP contribution >= 0.6 is 11.6 Å². The molecule has 1 N–H and O–H groups in total. The van der Waals surface area contributed by atoms with Crippen molar-refractivity contribution in [2.75, 3.05) is 18.5 Å². The number of hydrogen-bond donors (Lipinski definition) is 1. The summed E-state index contributed by atoms with van der Waals surface area (Å²) < 4.78 is 5.57. The highest BCUT2D eigenvalue weighted by atomic mass is 35.5. The summed E-state index contributed by atoms with van der Waals surface area (Å²) in [7, 11) is 0. The smallest absolute Gasteiger partial charge is 0.164 e. The van der Waals surface area contributed by atoms with Crippen LogP contribution in [-0.4, -0.2) is 34.2 Å². The van der Waals surface area contributed by atoms with Gasteiger partial charge in [0.15, 0.2) is 5.82 Å². The predicted molar refractivity (Wildman–Crippen MR) is 77.7 cm³/mol. The van der Waals surface area contributed by atoms with Crippen LogP contribution in [-0.2, 0) is 4.74 Å². The molecule has 3 heterocycles. The van der Waals surface area contributed by atoms with Crippen molar-refractivity contribution in [1.82, 2.24) is 15.0 Å². The minimum atomic E-state index is 0.255. The van der Waals surface area contributed by atoms with Gasteiger partial charge in [-0.25, -0.2) is 9.97 Å². The standard InChI is InChI=1S/C14H15ClN4O/c15-12-7-13(17-9-11-4-2-6-20-11)19-14(18-12)10-3-1-5-16-8-10/h1,3,5,7-8,11H,2,4,6,9H2,(H,17,18,19)/t11-/m0/s1. The first kappa shape index (κ1) is 13.3. The molecular formula is C14H15ClN4O. The van der Waals surface area contributed by atoms with Gasteiger partial charge in [-0.05, 0) is 25.0 Å². The van der Waals surface area contributed by atoms with Crippen molar-refractivity contribution in [2.24, 2.45) is 0 Å². The Kier molecular flexibility index (Phi) is 4.08. The minimum absolute atomic E-state index is 0.255. The maximum absolute atomic E-state index is 6.05. The zero-order chi connectivity index (χ0) is 13.8. The number of nitrogens with zero attached hydrogens (tertiary/aromatic N) is 3. The van der Waals surface area contributed by atoms with Crippen LogP contribution in [0.4, 0.5) is 5.82 Å². The first-order valence-electron chi connectivity index (χ1n) is 6.62. The normalized spacial score (nSPS) is 18.1. The van der Waals surface area contributed by atoms with E-state index in [1.807, 2.05) is 12.1 Å². The number of ether oxygens (including phenoxy) is 1. The fourth-order valence-corrected chi connectivity index (χ4v) is 2.34. The quantitative estimate of drug-likeness (QED) is 0.878. The third kappa shape index (κ3) is 3.23. The van der Waals surface area contributed by atoms with E-state index in [1.54, 1.807) is 18.5 Å². The molecule has 1 aliphatic heterocycles. The first-order chi connectivity index (χ1) is 9.81. The lowest BCUT2D eigenvalue weighted by atomic mass is 10.2. The van der Waals surface area contributed by atoms with Gasteiger partial charge >= 0.3 is 0 Å². The molecule has 0 aromatic carbocycles. The topological polar surface area (TPSA) is 59.9 Å². The molecule has 1 saturated heterocycles. The third-order valence-corrected chi connectivity index (χ3v) is 3.34. The molecule has 104 valence electrons. The Labute approximate surface area is 122 Å². The molecule has 1 aliphatic rings. The van der Waals surface area contributed by atoms with Gasteiger partial charge < -0.3 is 10.1 Å². The van der Waals surface area contributed by atoms with Crippen LogP contribution in [0.1, 0.15) is 12.8 Å². The Balaban J connectivity index is 1.76. The van der Waals surface area contributed by atoms with Crippen molar-refractivity contribution in [3.05, 3.63) is 35.7 Å². The zero-order valence-corrected chi connectivity index (χ0v) is 11.7. The lowest BCUT2D eigenvalue weighted by molar-refractivity contribution is 0.120. The van der Waals surface area contributed by atoms with Crippen molar-refractivity contribution >= 4 is 17.4 Å². The molecule has 3 rings (SSSR count). The molecule has 1 atom stereocenters. The summed E-state index contributed by atoms with van der Waals surface area (Å²) in [4.78, 5) is 12.8. The van der Waals surface area contributed by atoms with Crippen LogP contribution in [0.15, 0.2) is 30.6 Å². The average Bonchev–Trinajstić information content (AvgIpc) is 2.99. The van der Waals surface area contributed by atoms with Gasteiger partial charge in [0.05, 0.1) is 6.10 Å². The van der Waals surface area contributed by atoms with E-state index < -0.39 is 0 Å². The van der Waals surface area contributed by atoms with Gasteiger partial charge in [-0.3, -0.25) is 4.98 Å². The summed E-state index contributed by atoms with van der Waals surface area (Å²) in [5, 5.41) is 3.67. The number of hydrogen-bond acceptors (Lipinski definition) is 5. The average molecular weight is 291 g/mol. The van der Waals surface area contributed by atoms with Gasteiger partial charge in [0.25, 0.3) is 0 Å². The second-order valence-electron chi connectivity index (χ2n) is 4.66. The van der Waals surface area contributed by atoms with Crippen molar-refractivity contribution < 1.29 is 4.74 Å². The number of aromatic nitrogens is 3.